The van der Waals surface area contributed by atoms with Crippen molar-refractivity contribution >= 4 is 11.9 Å². The number of amides is 1. The fraction of sp³-hybridized carbons (Fsp3) is 0.857. The van der Waals surface area contributed by atoms with Crippen LogP contribution in [-0.4, -0.2) is 60.3 Å². The Morgan fingerprint density at radius 1 is 1.30 bits per heavy atom. The Balaban J connectivity index is 1.83. The fourth-order valence-electron chi connectivity index (χ4n) is 2.94. The van der Waals surface area contributed by atoms with Crippen LogP contribution in [0.2, 0.25) is 0 Å². The molecule has 2 heterocycles. The van der Waals surface area contributed by atoms with Gasteiger partial charge in [-0.2, -0.15) is 0 Å². The predicted octanol–water partition coefficient (Wildman–Crippen LogP) is 0.467. The van der Waals surface area contributed by atoms with Crippen molar-refractivity contribution in [3.05, 3.63) is 0 Å². The van der Waals surface area contributed by atoms with Gasteiger partial charge in [-0.15, -0.1) is 0 Å². The molecular weight excluding hydrogens is 260 g/mol. The van der Waals surface area contributed by atoms with Gasteiger partial charge in [-0.1, -0.05) is 6.92 Å². The van der Waals surface area contributed by atoms with Crippen molar-refractivity contribution < 1.29 is 19.4 Å². The summed E-state index contributed by atoms with van der Waals surface area (Å²) < 4.78 is 5.25. The first-order valence-corrected chi connectivity index (χ1v) is 7.40. The lowest BCUT2D eigenvalue weighted by atomic mass is 9.92. The van der Waals surface area contributed by atoms with E-state index in [1.807, 2.05) is 0 Å². The van der Waals surface area contributed by atoms with Gasteiger partial charge in [0.2, 0.25) is 5.91 Å². The first-order valence-electron chi connectivity index (χ1n) is 7.40. The third-order valence-corrected chi connectivity index (χ3v) is 4.19. The van der Waals surface area contributed by atoms with Crippen LogP contribution in [0.15, 0.2) is 0 Å². The zero-order valence-electron chi connectivity index (χ0n) is 12.0. The van der Waals surface area contributed by atoms with Crippen LogP contribution in [0.5, 0.6) is 0 Å². The third-order valence-electron chi connectivity index (χ3n) is 4.19. The van der Waals surface area contributed by atoms with Crippen LogP contribution in [0.25, 0.3) is 0 Å². The topological polar surface area (TPSA) is 78.9 Å². The Bertz CT molecular complexity index is 355. The van der Waals surface area contributed by atoms with Gasteiger partial charge >= 0.3 is 5.97 Å². The first kappa shape index (κ1) is 15.3. The minimum Gasteiger partial charge on any atom is -0.480 e. The second kappa shape index (κ2) is 7.04. The van der Waals surface area contributed by atoms with Gasteiger partial charge in [0.25, 0.3) is 0 Å². The smallest absolute Gasteiger partial charge is 0.320 e. The summed E-state index contributed by atoms with van der Waals surface area (Å²) in [6.07, 6.45) is 3.25. The summed E-state index contributed by atoms with van der Waals surface area (Å²) in [6, 6.07) is -0.359. The molecule has 2 fully saturated rings. The number of carbonyl (C=O) groups excluding carboxylic acids is 1. The molecule has 2 saturated heterocycles. The normalized spacial score (nSPS) is 29.1. The number of carboxylic acids is 1. The summed E-state index contributed by atoms with van der Waals surface area (Å²) in [4.78, 5) is 25.1. The summed E-state index contributed by atoms with van der Waals surface area (Å²) in [5, 5.41) is 12.3. The van der Waals surface area contributed by atoms with Crippen LogP contribution in [0.1, 0.15) is 32.6 Å². The van der Waals surface area contributed by atoms with Crippen molar-refractivity contribution in [2.24, 2.45) is 5.92 Å². The Kier molecular flexibility index (Phi) is 5.37. The van der Waals surface area contributed by atoms with E-state index in [4.69, 9.17) is 4.74 Å². The van der Waals surface area contributed by atoms with Gasteiger partial charge in [0.15, 0.2) is 0 Å². The molecule has 2 unspecified atom stereocenters. The molecule has 2 aliphatic rings. The van der Waals surface area contributed by atoms with Crippen LogP contribution >= 0.6 is 0 Å². The molecule has 0 aromatic rings. The Hall–Kier alpha value is -1.14. The number of hydrogen-bond acceptors (Lipinski definition) is 4. The Morgan fingerprint density at radius 3 is 2.65 bits per heavy atom. The molecule has 2 rings (SSSR count). The van der Waals surface area contributed by atoms with E-state index >= 15 is 0 Å². The number of likely N-dealkylation sites (tertiary alicyclic amines) is 1. The molecule has 0 aromatic carbocycles. The summed E-state index contributed by atoms with van der Waals surface area (Å²) in [7, 11) is 0. The minimum absolute atomic E-state index is 0.0716. The van der Waals surface area contributed by atoms with E-state index in [0.29, 0.717) is 32.1 Å². The number of nitrogens with one attached hydrogen (secondary N) is 1. The molecule has 6 heteroatoms. The average molecular weight is 284 g/mol. The van der Waals surface area contributed by atoms with Gasteiger partial charge < -0.3 is 15.2 Å². The van der Waals surface area contributed by atoms with E-state index in [9.17, 15) is 14.7 Å². The van der Waals surface area contributed by atoms with Gasteiger partial charge in [0.1, 0.15) is 6.04 Å². The number of rotatable bonds is 4. The first-order chi connectivity index (χ1) is 9.56. The van der Waals surface area contributed by atoms with Crippen LogP contribution in [-0.2, 0) is 14.3 Å². The van der Waals surface area contributed by atoms with Crippen molar-refractivity contribution in [3.63, 3.8) is 0 Å². The second-order valence-corrected chi connectivity index (χ2v) is 5.91. The number of aliphatic carboxylic acids is 1. The lowest BCUT2D eigenvalue weighted by Crippen LogP contribution is -2.52. The maximum Gasteiger partial charge on any atom is 0.320 e. The third kappa shape index (κ3) is 4.18. The Labute approximate surface area is 119 Å². The zero-order valence-corrected chi connectivity index (χ0v) is 12.0. The molecule has 0 bridgehead atoms. The molecule has 6 nitrogen and oxygen atoms in total. The van der Waals surface area contributed by atoms with E-state index in [0.717, 1.165) is 19.3 Å². The lowest BCUT2D eigenvalue weighted by Gasteiger charge is -2.35. The number of nitrogens with zero attached hydrogens (tertiary/aromatic N) is 1. The number of hydrogen-bond donors (Lipinski definition) is 2. The molecule has 20 heavy (non-hydrogen) atoms. The van der Waals surface area contributed by atoms with Crippen molar-refractivity contribution in [1.82, 2.24) is 10.2 Å². The van der Waals surface area contributed by atoms with Gasteiger partial charge in [-0.05, 0) is 38.1 Å². The van der Waals surface area contributed by atoms with E-state index in [-0.39, 0.29) is 18.5 Å². The van der Waals surface area contributed by atoms with E-state index in [1.54, 1.807) is 4.90 Å². The number of piperidine rings is 1. The van der Waals surface area contributed by atoms with E-state index in [1.165, 1.54) is 0 Å². The average Bonchev–Trinajstić information content (AvgIpc) is 2.41. The molecule has 114 valence electrons. The van der Waals surface area contributed by atoms with Crippen LogP contribution in [0.4, 0.5) is 0 Å². The van der Waals surface area contributed by atoms with Gasteiger partial charge in [-0.25, -0.2) is 0 Å². The van der Waals surface area contributed by atoms with Crippen molar-refractivity contribution in [2.75, 3.05) is 26.3 Å². The van der Waals surface area contributed by atoms with E-state index < -0.39 is 12.0 Å². The van der Waals surface area contributed by atoms with Crippen LogP contribution in [0.3, 0.4) is 0 Å². The lowest BCUT2D eigenvalue weighted by molar-refractivity contribution is -0.146. The number of ether oxygens (including phenoxy) is 1. The zero-order chi connectivity index (χ0) is 14.5. The molecule has 0 aromatic heterocycles. The highest BCUT2D eigenvalue weighted by Crippen LogP contribution is 2.22. The molecule has 1 amide bonds. The molecular formula is C14H24N2O4. The number of carbonyl (C=O) groups is 2. The van der Waals surface area contributed by atoms with Crippen LogP contribution in [0, 0.1) is 5.92 Å². The molecule has 0 radical (unpaired) electrons. The molecule has 0 saturated carbocycles. The summed E-state index contributed by atoms with van der Waals surface area (Å²) in [5.74, 6) is -0.487. The second-order valence-electron chi connectivity index (χ2n) is 5.91. The van der Waals surface area contributed by atoms with Crippen molar-refractivity contribution in [1.29, 1.82) is 0 Å². The van der Waals surface area contributed by atoms with E-state index in [2.05, 4.69) is 12.2 Å². The van der Waals surface area contributed by atoms with Gasteiger partial charge in [-0.3, -0.25) is 14.5 Å². The highest BCUT2D eigenvalue weighted by Gasteiger charge is 2.33. The highest BCUT2D eigenvalue weighted by atomic mass is 16.5. The molecule has 0 aliphatic carbocycles. The maximum atomic E-state index is 12.0. The summed E-state index contributed by atoms with van der Waals surface area (Å²) in [5.41, 5.74) is 0. The predicted molar refractivity (Wildman–Crippen MR) is 73.4 cm³/mol. The van der Waals surface area contributed by atoms with Crippen molar-refractivity contribution in [2.45, 2.75) is 44.7 Å². The van der Waals surface area contributed by atoms with Gasteiger partial charge in [0, 0.05) is 19.3 Å². The van der Waals surface area contributed by atoms with Gasteiger partial charge in [0.05, 0.1) is 6.54 Å². The maximum absolute atomic E-state index is 12.0. The molecule has 2 atom stereocenters. The monoisotopic (exact) mass is 284 g/mol. The quantitative estimate of drug-likeness (QED) is 0.784. The van der Waals surface area contributed by atoms with Crippen molar-refractivity contribution in [3.8, 4) is 0 Å². The number of carboxylic acid groups (broad SMARTS) is 1. The molecule has 2 aliphatic heterocycles. The summed E-state index contributed by atoms with van der Waals surface area (Å²) in [6.45, 7) is 4.30. The minimum atomic E-state index is -0.824. The van der Waals surface area contributed by atoms with Crippen LogP contribution < -0.4 is 5.32 Å². The molecule has 2 N–H and O–H groups in total. The standard InChI is InChI=1S/C14H24N2O4/c1-10-2-5-16(12(8-10)14(18)19)9-13(17)15-11-3-6-20-7-4-11/h10-12H,2-9H2,1H3,(H,15,17)(H,18,19). The Morgan fingerprint density at radius 2 is 2.00 bits per heavy atom. The highest BCUT2D eigenvalue weighted by molar-refractivity contribution is 5.80. The SMILES string of the molecule is CC1CCN(CC(=O)NC2CCOCC2)C(C(=O)O)C1. The largest absolute Gasteiger partial charge is 0.480 e. The summed E-state index contributed by atoms with van der Waals surface area (Å²) >= 11 is 0. The molecule has 0 spiro atoms. The fourth-order valence-corrected chi connectivity index (χ4v) is 2.94.